The zero-order valence-electron chi connectivity index (χ0n) is 12.5. The summed E-state index contributed by atoms with van der Waals surface area (Å²) in [5.74, 6) is -3.92. The fraction of sp³-hybridized carbons (Fsp3) is 0.118. The fourth-order valence-corrected chi connectivity index (χ4v) is 2.07. The topological polar surface area (TPSA) is 95.5 Å². The molecule has 0 aliphatic rings. The van der Waals surface area contributed by atoms with Crippen LogP contribution < -0.4 is 10.9 Å². The maximum Gasteiger partial charge on any atom is 0.311 e. The summed E-state index contributed by atoms with van der Waals surface area (Å²) in [6.07, 6.45) is -0.330. The quantitative estimate of drug-likeness (QED) is 0.729. The fourth-order valence-electron chi connectivity index (χ4n) is 2.07. The molecular formula is C17H15FN2O4. The van der Waals surface area contributed by atoms with Gasteiger partial charge in [-0.3, -0.25) is 25.2 Å². The predicted molar refractivity (Wildman–Crippen MR) is 83.4 cm³/mol. The number of hydrogen-bond acceptors (Lipinski definition) is 3. The molecule has 0 fully saturated rings. The summed E-state index contributed by atoms with van der Waals surface area (Å²) in [5, 5.41) is 9.25. The first-order chi connectivity index (χ1) is 11.5. The molecule has 3 N–H and O–H groups in total. The van der Waals surface area contributed by atoms with Gasteiger partial charge in [0.25, 0.3) is 5.91 Å². The maximum atomic E-state index is 12.8. The van der Waals surface area contributed by atoms with Crippen molar-refractivity contribution in [1.82, 2.24) is 10.9 Å². The van der Waals surface area contributed by atoms with Gasteiger partial charge in [0.05, 0.1) is 5.92 Å². The normalized spacial score (nSPS) is 11.4. The van der Waals surface area contributed by atoms with E-state index in [1.165, 1.54) is 12.1 Å². The number of carboxylic acids is 1. The minimum atomic E-state index is -1.14. The summed E-state index contributed by atoms with van der Waals surface area (Å²) in [6, 6.07) is 13.1. The van der Waals surface area contributed by atoms with Crippen molar-refractivity contribution in [2.75, 3.05) is 0 Å². The van der Waals surface area contributed by atoms with Crippen molar-refractivity contribution in [2.45, 2.75) is 12.3 Å². The van der Waals surface area contributed by atoms with Gasteiger partial charge in [-0.15, -0.1) is 0 Å². The number of carboxylic acid groups (broad SMARTS) is 1. The average Bonchev–Trinajstić information content (AvgIpc) is 2.58. The van der Waals surface area contributed by atoms with Crippen LogP contribution in [0.15, 0.2) is 54.6 Å². The molecule has 0 radical (unpaired) electrons. The zero-order chi connectivity index (χ0) is 17.5. The Bertz CT molecular complexity index is 732. The number of halogens is 1. The van der Waals surface area contributed by atoms with E-state index in [9.17, 15) is 23.9 Å². The molecule has 0 aromatic heterocycles. The van der Waals surface area contributed by atoms with Crippen LogP contribution in [0.5, 0.6) is 0 Å². The van der Waals surface area contributed by atoms with Crippen LogP contribution in [0.2, 0.25) is 0 Å². The van der Waals surface area contributed by atoms with E-state index in [4.69, 9.17) is 0 Å². The molecule has 0 unspecified atom stereocenters. The van der Waals surface area contributed by atoms with Crippen LogP contribution in [-0.4, -0.2) is 22.9 Å². The van der Waals surface area contributed by atoms with Crippen molar-refractivity contribution in [3.05, 3.63) is 71.5 Å². The zero-order valence-corrected chi connectivity index (χ0v) is 12.5. The lowest BCUT2D eigenvalue weighted by Crippen LogP contribution is -2.42. The van der Waals surface area contributed by atoms with Crippen LogP contribution in [-0.2, 0) is 9.59 Å². The highest BCUT2D eigenvalue weighted by molar-refractivity contribution is 5.95. The number of aliphatic carboxylic acids is 1. The molecule has 0 heterocycles. The SMILES string of the molecule is O=C(C[C@H](C(=O)O)c1ccccc1)NNC(=O)c1ccc(F)cc1. The van der Waals surface area contributed by atoms with Crippen molar-refractivity contribution in [3.63, 3.8) is 0 Å². The third kappa shape index (κ3) is 4.64. The lowest BCUT2D eigenvalue weighted by molar-refractivity contribution is -0.140. The van der Waals surface area contributed by atoms with Gasteiger partial charge in [0.15, 0.2) is 0 Å². The molecule has 7 heteroatoms. The molecule has 2 rings (SSSR count). The van der Waals surface area contributed by atoms with Crippen molar-refractivity contribution in [3.8, 4) is 0 Å². The minimum absolute atomic E-state index is 0.162. The van der Waals surface area contributed by atoms with E-state index in [2.05, 4.69) is 10.9 Å². The minimum Gasteiger partial charge on any atom is -0.481 e. The van der Waals surface area contributed by atoms with Gasteiger partial charge in [0.2, 0.25) is 5.91 Å². The Labute approximate surface area is 137 Å². The van der Waals surface area contributed by atoms with Crippen molar-refractivity contribution in [2.24, 2.45) is 0 Å². The molecule has 124 valence electrons. The van der Waals surface area contributed by atoms with Gasteiger partial charge in [-0.25, -0.2) is 4.39 Å². The number of hydrazine groups is 1. The number of carbonyl (C=O) groups excluding carboxylic acids is 2. The largest absolute Gasteiger partial charge is 0.481 e. The Hall–Kier alpha value is -3.22. The predicted octanol–water partition coefficient (Wildman–Crippen LogP) is 1.85. The van der Waals surface area contributed by atoms with Crippen LogP contribution in [0.4, 0.5) is 4.39 Å². The number of nitrogens with one attached hydrogen (secondary N) is 2. The Balaban J connectivity index is 1.93. The van der Waals surface area contributed by atoms with Crippen molar-refractivity contribution < 1.29 is 23.9 Å². The third-order valence-corrected chi connectivity index (χ3v) is 3.31. The molecule has 0 saturated carbocycles. The first-order valence-electron chi connectivity index (χ1n) is 7.10. The second kappa shape index (κ2) is 7.87. The number of rotatable bonds is 5. The molecule has 0 spiro atoms. The Morgan fingerprint density at radius 1 is 0.958 bits per heavy atom. The van der Waals surface area contributed by atoms with Crippen LogP contribution >= 0.6 is 0 Å². The highest BCUT2D eigenvalue weighted by Gasteiger charge is 2.23. The van der Waals surface area contributed by atoms with E-state index in [1.54, 1.807) is 30.3 Å². The number of amides is 2. The molecule has 2 amide bonds. The molecule has 2 aromatic rings. The van der Waals surface area contributed by atoms with Gasteiger partial charge in [0.1, 0.15) is 5.82 Å². The molecule has 0 saturated heterocycles. The highest BCUT2D eigenvalue weighted by Crippen LogP contribution is 2.19. The number of benzene rings is 2. The van der Waals surface area contributed by atoms with Crippen molar-refractivity contribution >= 4 is 17.8 Å². The van der Waals surface area contributed by atoms with Gasteiger partial charge in [-0.2, -0.15) is 0 Å². The van der Waals surface area contributed by atoms with E-state index in [1.807, 2.05) is 0 Å². The van der Waals surface area contributed by atoms with Crippen molar-refractivity contribution in [1.29, 1.82) is 0 Å². The van der Waals surface area contributed by atoms with E-state index in [0.717, 1.165) is 12.1 Å². The van der Waals surface area contributed by atoms with Gasteiger partial charge in [-0.1, -0.05) is 30.3 Å². The lowest BCUT2D eigenvalue weighted by atomic mass is 9.96. The lowest BCUT2D eigenvalue weighted by Gasteiger charge is -2.13. The first kappa shape index (κ1) is 17.1. The maximum absolute atomic E-state index is 12.8. The van der Waals surface area contributed by atoms with Gasteiger partial charge < -0.3 is 5.11 Å². The molecule has 0 aliphatic carbocycles. The monoisotopic (exact) mass is 330 g/mol. The van der Waals surface area contributed by atoms with E-state index in [0.29, 0.717) is 5.56 Å². The van der Waals surface area contributed by atoms with E-state index in [-0.39, 0.29) is 12.0 Å². The van der Waals surface area contributed by atoms with E-state index < -0.39 is 29.5 Å². The summed E-state index contributed by atoms with van der Waals surface area (Å²) >= 11 is 0. The Kier molecular flexibility index (Phi) is 5.62. The van der Waals surface area contributed by atoms with Crippen LogP contribution in [0.1, 0.15) is 28.3 Å². The summed E-state index contributed by atoms with van der Waals surface area (Å²) < 4.78 is 12.8. The standard InChI is InChI=1S/C17H15FN2O4/c18-13-8-6-12(7-9-13)16(22)20-19-15(21)10-14(17(23)24)11-4-2-1-3-5-11/h1-9,14H,10H2,(H,19,21)(H,20,22)(H,23,24)/t14-/m0/s1. The average molecular weight is 330 g/mol. The third-order valence-electron chi connectivity index (χ3n) is 3.31. The molecule has 1 atom stereocenters. The molecule has 24 heavy (non-hydrogen) atoms. The van der Waals surface area contributed by atoms with Crippen LogP contribution in [0.25, 0.3) is 0 Å². The number of hydrogen-bond donors (Lipinski definition) is 3. The summed E-state index contributed by atoms with van der Waals surface area (Å²) in [6.45, 7) is 0. The Morgan fingerprint density at radius 3 is 2.17 bits per heavy atom. The molecule has 6 nitrogen and oxygen atoms in total. The second-order valence-corrected chi connectivity index (χ2v) is 5.01. The highest BCUT2D eigenvalue weighted by atomic mass is 19.1. The molecule has 0 aliphatic heterocycles. The Morgan fingerprint density at radius 2 is 1.58 bits per heavy atom. The summed E-state index contributed by atoms with van der Waals surface area (Å²) in [4.78, 5) is 35.0. The van der Waals surface area contributed by atoms with Gasteiger partial charge in [0, 0.05) is 12.0 Å². The van der Waals surface area contributed by atoms with Gasteiger partial charge >= 0.3 is 5.97 Å². The molecule has 0 bridgehead atoms. The summed E-state index contributed by atoms with van der Waals surface area (Å²) in [7, 11) is 0. The van der Waals surface area contributed by atoms with Crippen LogP contribution in [0.3, 0.4) is 0 Å². The second-order valence-electron chi connectivity index (χ2n) is 5.01. The number of carbonyl (C=O) groups is 3. The van der Waals surface area contributed by atoms with E-state index >= 15 is 0 Å². The van der Waals surface area contributed by atoms with Crippen LogP contribution in [0, 0.1) is 5.82 Å². The molecular weight excluding hydrogens is 315 g/mol. The summed E-state index contributed by atoms with van der Waals surface area (Å²) in [5.41, 5.74) is 4.97. The van der Waals surface area contributed by atoms with Gasteiger partial charge in [-0.05, 0) is 29.8 Å². The molecule has 2 aromatic carbocycles. The first-order valence-corrected chi connectivity index (χ1v) is 7.10. The smallest absolute Gasteiger partial charge is 0.311 e.